The molecule has 7 nitrogen and oxygen atoms in total. The minimum Gasteiger partial charge on any atom is -0.497 e. The molecule has 2 rings (SSSR count). The first-order chi connectivity index (χ1) is 10.5. The van der Waals surface area contributed by atoms with Gasteiger partial charge in [0, 0.05) is 23.9 Å². The van der Waals surface area contributed by atoms with E-state index in [-0.39, 0.29) is 12.5 Å². The average Bonchev–Trinajstić information content (AvgIpc) is 2.94. The Morgan fingerprint density at radius 3 is 2.45 bits per heavy atom. The quantitative estimate of drug-likeness (QED) is 0.821. The fourth-order valence-corrected chi connectivity index (χ4v) is 2.56. The van der Waals surface area contributed by atoms with Crippen molar-refractivity contribution in [1.82, 2.24) is 4.90 Å². The summed E-state index contributed by atoms with van der Waals surface area (Å²) in [6.07, 6.45) is 1.37. The monoisotopic (exact) mass is 308 g/mol. The average molecular weight is 308 g/mol. The third kappa shape index (κ3) is 3.88. The molecule has 1 fully saturated rings. The summed E-state index contributed by atoms with van der Waals surface area (Å²) in [4.78, 5) is 24.9. The van der Waals surface area contributed by atoms with E-state index >= 15 is 0 Å². The molecule has 1 amide bonds. The van der Waals surface area contributed by atoms with Gasteiger partial charge in [0.25, 0.3) is 0 Å². The Balaban J connectivity index is 2.01. The molecule has 1 saturated heterocycles. The summed E-state index contributed by atoms with van der Waals surface area (Å²) in [6, 6.07) is 4.49. The van der Waals surface area contributed by atoms with E-state index in [4.69, 9.17) is 14.6 Å². The van der Waals surface area contributed by atoms with Gasteiger partial charge in [0.1, 0.15) is 17.5 Å². The van der Waals surface area contributed by atoms with Gasteiger partial charge < -0.3 is 19.9 Å². The number of carboxylic acid groups (broad SMARTS) is 1. The fraction of sp³-hybridized carbons (Fsp3) is 0.467. The summed E-state index contributed by atoms with van der Waals surface area (Å²) in [6.45, 7) is 0.669. The molecule has 2 N–H and O–H groups in total. The molecular weight excluding hydrogens is 288 g/mol. The maximum Gasteiger partial charge on any atom is 0.320 e. The number of likely N-dealkylation sites (tertiary alicyclic amines) is 1. The Hall–Kier alpha value is -2.28. The van der Waals surface area contributed by atoms with Crippen molar-refractivity contribution >= 4 is 17.6 Å². The number of carbonyl (C=O) groups is 2. The largest absolute Gasteiger partial charge is 0.497 e. The minimum absolute atomic E-state index is 0.0521. The van der Waals surface area contributed by atoms with Crippen LogP contribution in [0.1, 0.15) is 12.8 Å². The van der Waals surface area contributed by atoms with Crippen molar-refractivity contribution in [2.75, 3.05) is 32.6 Å². The first-order valence-corrected chi connectivity index (χ1v) is 7.03. The minimum atomic E-state index is -0.881. The molecule has 0 bridgehead atoms. The van der Waals surface area contributed by atoms with Crippen LogP contribution in [0.15, 0.2) is 18.2 Å². The molecule has 1 aromatic carbocycles. The number of amides is 1. The molecule has 22 heavy (non-hydrogen) atoms. The number of carboxylic acids is 1. The second kappa shape index (κ2) is 7.13. The highest BCUT2D eigenvalue weighted by Crippen LogP contribution is 2.26. The van der Waals surface area contributed by atoms with Gasteiger partial charge in [-0.2, -0.15) is 0 Å². The van der Waals surface area contributed by atoms with E-state index in [0.29, 0.717) is 30.2 Å². The molecule has 0 saturated carbocycles. The Bertz CT molecular complexity index is 539. The summed E-state index contributed by atoms with van der Waals surface area (Å²) in [7, 11) is 3.06. The first kappa shape index (κ1) is 16.1. The molecule has 1 atom stereocenters. The number of ether oxygens (including phenoxy) is 2. The normalized spacial score (nSPS) is 18.0. The Kier molecular flexibility index (Phi) is 5.21. The zero-order valence-corrected chi connectivity index (χ0v) is 12.7. The predicted molar refractivity (Wildman–Crippen MR) is 80.4 cm³/mol. The number of rotatable bonds is 6. The third-order valence-electron chi connectivity index (χ3n) is 3.63. The van der Waals surface area contributed by atoms with E-state index < -0.39 is 12.0 Å². The van der Waals surface area contributed by atoms with Gasteiger partial charge in [0.2, 0.25) is 5.91 Å². The summed E-state index contributed by atoms with van der Waals surface area (Å²) in [5, 5.41) is 11.9. The lowest BCUT2D eigenvalue weighted by Gasteiger charge is -2.20. The van der Waals surface area contributed by atoms with Crippen LogP contribution < -0.4 is 14.8 Å². The van der Waals surface area contributed by atoms with Crippen LogP contribution in [-0.4, -0.2) is 55.2 Å². The molecule has 0 aromatic heterocycles. The second-order valence-corrected chi connectivity index (χ2v) is 5.12. The maximum atomic E-state index is 12.1. The van der Waals surface area contributed by atoms with Gasteiger partial charge in [-0.15, -0.1) is 0 Å². The number of hydrogen-bond donors (Lipinski definition) is 2. The van der Waals surface area contributed by atoms with E-state index in [1.165, 1.54) is 14.2 Å². The fourth-order valence-electron chi connectivity index (χ4n) is 2.56. The van der Waals surface area contributed by atoms with Crippen molar-refractivity contribution in [3.05, 3.63) is 18.2 Å². The predicted octanol–water partition coefficient (Wildman–Crippen LogP) is 1.19. The molecule has 0 radical (unpaired) electrons. The molecule has 1 aliphatic rings. The van der Waals surface area contributed by atoms with Crippen LogP contribution >= 0.6 is 0 Å². The first-order valence-electron chi connectivity index (χ1n) is 7.03. The van der Waals surface area contributed by atoms with Gasteiger partial charge >= 0.3 is 5.97 Å². The van der Waals surface area contributed by atoms with E-state index in [2.05, 4.69) is 5.32 Å². The SMILES string of the molecule is COc1cc(NC(=O)CN2CCC[C@H]2C(=O)O)cc(OC)c1. The molecule has 0 spiro atoms. The second-order valence-electron chi connectivity index (χ2n) is 5.12. The maximum absolute atomic E-state index is 12.1. The molecule has 1 aromatic rings. The topological polar surface area (TPSA) is 88.1 Å². The third-order valence-corrected chi connectivity index (χ3v) is 3.63. The van der Waals surface area contributed by atoms with Crippen LogP contribution in [0, 0.1) is 0 Å². The molecule has 7 heteroatoms. The van der Waals surface area contributed by atoms with E-state index in [9.17, 15) is 9.59 Å². The van der Waals surface area contributed by atoms with Gasteiger partial charge in [-0.25, -0.2) is 0 Å². The van der Waals surface area contributed by atoms with Crippen molar-refractivity contribution in [2.45, 2.75) is 18.9 Å². The van der Waals surface area contributed by atoms with Crippen LogP contribution in [0.4, 0.5) is 5.69 Å². The van der Waals surface area contributed by atoms with Crippen LogP contribution in [0.2, 0.25) is 0 Å². The van der Waals surface area contributed by atoms with Gasteiger partial charge in [-0.3, -0.25) is 14.5 Å². The molecule has 0 aliphatic carbocycles. The number of carbonyl (C=O) groups excluding carboxylic acids is 1. The number of methoxy groups -OCH3 is 2. The molecule has 0 unspecified atom stereocenters. The number of aliphatic carboxylic acids is 1. The van der Waals surface area contributed by atoms with Crippen molar-refractivity contribution < 1.29 is 24.2 Å². The van der Waals surface area contributed by atoms with Crippen LogP contribution in [0.25, 0.3) is 0 Å². The van der Waals surface area contributed by atoms with E-state index in [1.54, 1.807) is 23.1 Å². The van der Waals surface area contributed by atoms with Crippen LogP contribution in [0.3, 0.4) is 0 Å². The number of benzene rings is 1. The van der Waals surface area contributed by atoms with Crippen molar-refractivity contribution in [2.24, 2.45) is 0 Å². The molecular formula is C15H20N2O5. The highest BCUT2D eigenvalue weighted by Gasteiger charge is 2.31. The molecule has 1 aliphatic heterocycles. The number of anilines is 1. The summed E-state index contributed by atoms with van der Waals surface area (Å²) < 4.78 is 10.3. The summed E-state index contributed by atoms with van der Waals surface area (Å²) in [5.41, 5.74) is 0.548. The van der Waals surface area contributed by atoms with Gasteiger partial charge in [0.15, 0.2) is 0 Å². The zero-order valence-electron chi connectivity index (χ0n) is 12.7. The van der Waals surface area contributed by atoms with E-state index in [0.717, 1.165) is 6.42 Å². The summed E-state index contributed by atoms with van der Waals surface area (Å²) in [5.74, 6) is -0.00437. The highest BCUT2D eigenvalue weighted by atomic mass is 16.5. The van der Waals surface area contributed by atoms with Gasteiger partial charge in [-0.05, 0) is 19.4 Å². The standard InChI is InChI=1S/C15H20N2O5/c1-21-11-6-10(7-12(8-11)22-2)16-14(18)9-17-5-3-4-13(17)15(19)20/h6-8,13H,3-5,9H2,1-2H3,(H,16,18)(H,19,20)/t13-/m0/s1. The Morgan fingerprint density at radius 2 is 1.91 bits per heavy atom. The summed E-state index contributed by atoms with van der Waals surface area (Å²) >= 11 is 0. The number of hydrogen-bond acceptors (Lipinski definition) is 5. The molecule has 120 valence electrons. The van der Waals surface area contributed by atoms with Crippen molar-refractivity contribution in [1.29, 1.82) is 0 Å². The lowest BCUT2D eigenvalue weighted by Crippen LogP contribution is -2.40. The van der Waals surface area contributed by atoms with Crippen LogP contribution in [-0.2, 0) is 9.59 Å². The number of nitrogens with one attached hydrogen (secondary N) is 1. The van der Waals surface area contributed by atoms with Gasteiger partial charge in [-0.1, -0.05) is 0 Å². The Labute approximate surface area is 128 Å². The molecule has 1 heterocycles. The lowest BCUT2D eigenvalue weighted by atomic mass is 10.2. The highest BCUT2D eigenvalue weighted by molar-refractivity contribution is 5.93. The van der Waals surface area contributed by atoms with Gasteiger partial charge in [0.05, 0.1) is 20.8 Å². The zero-order chi connectivity index (χ0) is 16.1. The number of nitrogens with zero attached hydrogens (tertiary/aromatic N) is 1. The Morgan fingerprint density at radius 1 is 1.27 bits per heavy atom. The lowest BCUT2D eigenvalue weighted by molar-refractivity contribution is -0.142. The van der Waals surface area contributed by atoms with E-state index in [1.807, 2.05) is 0 Å². The smallest absolute Gasteiger partial charge is 0.320 e. The van der Waals surface area contributed by atoms with Crippen molar-refractivity contribution in [3.8, 4) is 11.5 Å². The van der Waals surface area contributed by atoms with Crippen molar-refractivity contribution in [3.63, 3.8) is 0 Å². The van der Waals surface area contributed by atoms with Crippen LogP contribution in [0.5, 0.6) is 11.5 Å².